The molecule has 1 aromatic rings. The molecule has 1 aromatic carbocycles. The number of hydrogen-bond donors (Lipinski definition) is 1. The molecule has 18 heavy (non-hydrogen) atoms. The molecule has 1 N–H and O–H groups in total. The van der Waals surface area contributed by atoms with Crippen LogP contribution in [-0.4, -0.2) is 29.1 Å². The number of amides is 1. The highest BCUT2D eigenvalue weighted by Crippen LogP contribution is 2.42. The van der Waals surface area contributed by atoms with Crippen LogP contribution in [0.3, 0.4) is 0 Å². The van der Waals surface area contributed by atoms with E-state index in [1.807, 2.05) is 11.0 Å². The molecule has 1 aliphatic carbocycles. The van der Waals surface area contributed by atoms with E-state index in [2.05, 4.69) is 18.2 Å². The van der Waals surface area contributed by atoms with Crippen LogP contribution in [0.15, 0.2) is 24.3 Å². The minimum absolute atomic E-state index is 0.00395. The number of aliphatic hydroxyl groups excluding tert-OH is 1. The maximum atomic E-state index is 12.5. The molecule has 1 amide bonds. The van der Waals surface area contributed by atoms with Gasteiger partial charge in [0.15, 0.2) is 0 Å². The summed E-state index contributed by atoms with van der Waals surface area (Å²) in [4.78, 5) is 14.4. The van der Waals surface area contributed by atoms with E-state index in [4.69, 9.17) is 0 Å². The number of benzene rings is 1. The molecule has 0 aromatic heterocycles. The van der Waals surface area contributed by atoms with Gasteiger partial charge in [-0.1, -0.05) is 30.7 Å². The van der Waals surface area contributed by atoms with Gasteiger partial charge in [0.1, 0.15) is 0 Å². The van der Waals surface area contributed by atoms with Gasteiger partial charge in [-0.05, 0) is 30.4 Å². The highest BCUT2D eigenvalue weighted by molar-refractivity contribution is 5.84. The van der Waals surface area contributed by atoms with Gasteiger partial charge in [0.05, 0.1) is 12.0 Å². The van der Waals surface area contributed by atoms with Crippen LogP contribution in [0.2, 0.25) is 0 Å². The summed E-state index contributed by atoms with van der Waals surface area (Å²) in [7, 11) is 0. The van der Waals surface area contributed by atoms with Gasteiger partial charge >= 0.3 is 0 Å². The molecule has 1 fully saturated rings. The monoisotopic (exact) mass is 245 g/mol. The zero-order valence-corrected chi connectivity index (χ0v) is 10.6. The van der Waals surface area contributed by atoms with Crippen molar-refractivity contribution in [1.29, 1.82) is 0 Å². The molecule has 96 valence electrons. The van der Waals surface area contributed by atoms with Crippen LogP contribution in [0, 0.1) is 5.41 Å². The molecule has 2 aliphatic rings. The van der Waals surface area contributed by atoms with E-state index >= 15 is 0 Å². The maximum absolute atomic E-state index is 12.5. The quantitative estimate of drug-likeness (QED) is 0.862. The summed E-state index contributed by atoms with van der Waals surface area (Å²) in [6, 6.07) is 8.32. The fourth-order valence-corrected chi connectivity index (χ4v) is 3.05. The summed E-state index contributed by atoms with van der Waals surface area (Å²) in [5, 5.41) is 9.49. The first kappa shape index (κ1) is 11.7. The summed E-state index contributed by atoms with van der Waals surface area (Å²) in [5.41, 5.74) is 2.16. The standard InChI is InChI=1S/C15H19NO2/c17-11-15(7-3-8-15)14(18)16-9-6-12-4-1-2-5-13(12)10-16/h1-2,4-5,17H,3,6-11H2. The molecule has 3 rings (SSSR count). The Labute approximate surface area is 107 Å². The molecule has 0 radical (unpaired) electrons. The van der Waals surface area contributed by atoms with Crippen LogP contribution in [0.5, 0.6) is 0 Å². The first-order valence-corrected chi connectivity index (χ1v) is 6.72. The average molecular weight is 245 g/mol. The molecule has 0 unspecified atom stereocenters. The molecule has 0 spiro atoms. The Bertz CT molecular complexity index is 460. The SMILES string of the molecule is O=C(N1CCc2ccccc2C1)C1(CO)CCC1. The number of carbonyl (C=O) groups excluding carboxylic acids is 1. The zero-order chi connectivity index (χ0) is 12.6. The lowest BCUT2D eigenvalue weighted by Gasteiger charge is -2.43. The van der Waals surface area contributed by atoms with Crippen LogP contribution in [0.1, 0.15) is 30.4 Å². The van der Waals surface area contributed by atoms with Gasteiger partial charge in [-0.2, -0.15) is 0 Å². The lowest BCUT2D eigenvalue weighted by atomic mass is 9.68. The smallest absolute Gasteiger partial charge is 0.231 e. The lowest BCUT2D eigenvalue weighted by molar-refractivity contribution is -0.152. The van der Waals surface area contributed by atoms with Crippen LogP contribution < -0.4 is 0 Å². The van der Waals surface area contributed by atoms with E-state index in [1.165, 1.54) is 11.1 Å². The van der Waals surface area contributed by atoms with Crippen molar-refractivity contribution in [3.8, 4) is 0 Å². The summed E-state index contributed by atoms with van der Waals surface area (Å²) in [6.45, 7) is 1.50. The van der Waals surface area contributed by atoms with Gasteiger partial charge in [-0.3, -0.25) is 4.79 Å². The van der Waals surface area contributed by atoms with Crippen molar-refractivity contribution >= 4 is 5.91 Å². The molecular weight excluding hydrogens is 226 g/mol. The highest BCUT2D eigenvalue weighted by Gasteiger charge is 2.46. The van der Waals surface area contributed by atoms with Crippen molar-refractivity contribution in [3.63, 3.8) is 0 Å². The van der Waals surface area contributed by atoms with Gasteiger partial charge in [0.25, 0.3) is 0 Å². The average Bonchev–Trinajstić information content (AvgIpc) is 2.37. The minimum atomic E-state index is -0.452. The Morgan fingerprint density at radius 3 is 2.61 bits per heavy atom. The summed E-state index contributed by atoms with van der Waals surface area (Å²) < 4.78 is 0. The zero-order valence-electron chi connectivity index (χ0n) is 10.6. The normalized spacial score (nSPS) is 21.1. The fourth-order valence-electron chi connectivity index (χ4n) is 3.05. The number of nitrogens with zero attached hydrogens (tertiary/aromatic N) is 1. The van der Waals surface area contributed by atoms with Gasteiger partial charge in [-0.15, -0.1) is 0 Å². The molecule has 3 nitrogen and oxygen atoms in total. The number of aliphatic hydroxyl groups is 1. The molecule has 0 saturated heterocycles. The van der Waals surface area contributed by atoms with E-state index in [0.29, 0.717) is 6.54 Å². The predicted molar refractivity (Wildman–Crippen MR) is 68.9 cm³/mol. The number of fused-ring (bicyclic) bond motifs is 1. The predicted octanol–water partition coefficient (Wildman–Crippen LogP) is 1.73. The molecule has 0 bridgehead atoms. The van der Waals surface area contributed by atoms with Crippen molar-refractivity contribution < 1.29 is 9.90 Å². The lowest BCUT2D eigenvalue weighted by Crippen LogP contribution is -2.51. The second-order valence-electron chi connectivity index (χ2n) is 5.54. The van der Waals surface area contributed by atoms with Crippen molar-refractivity contribution in [2.45, 2.75) is 32.2 Å². The molecular formula is C15H19NO2. The molecule has 1 heterocycles. The topological polar surface area (TPSA) is 40.5 Å². The second-order valence-corrected chi connectivity index (χ2v) is 5.54. The van der Waals surface area contributed by atoms with Gasteiger partial charge in [-0.25, -0.2) is 0 Å². The van der Waals surface area contributed by atoms with Crippen molar-refractivity contribution in [2.24, 2.45) is 5.41 Å². The Morgan fingerprint density at radius 2 is 2.00 bits per heavy atom. The Hall–Kier alpha value is -1.35. The summed E-state index contributed by atoms with van der Waals surface area (Å²) >= 11 is 0. The highest BCUT2D eigenvalue weighted by atomic mass is 16.3. The minimum Gasteiger partial charge on any atom is -0.395 e. The third-order valence-electron chi connectivity index (χ3n) is 4.48. The van der Waals surface area contributed by atoms with Crippen molar-refractivity contribution in [1.82, 2.24) is 4.90 Å². The number of carbonyl (C=O) groups is 1. The van der Waals surface area contributed by atoms with Crippen LogP contribution >= 0.6 is 0 Å². The molecule has 0 atom stereocenters. The van der Waals surface area contributed by atoms with Crippen LogP contribution in [-0.2, 0) is 17.8 Å². The third kappa shape index (κ3) is 1.74. The fraction of sp³-hybridized carbons (Fsp3) is 0.533. The van der Waals surface area contributed by atoms with E-state index < -0.39 is 5.41 Å². The van der Waals surface area contributed by atoms with E-state index in [0.717, 1.165) is 32.2 Å². The van der Waals surface area contributed by atoms with E-state index in [-0.39, 0.29) is 12.5 Å². The Kier molecular flexibility index (Phi) is 2.86. The molecule has 1 saturated carbocycles. The first-order chi connectivity index (χ1) is 8.75. The molecule has 1 aliphatic heterocycles. The first-order valence-electron chi connectivity index (χ1n) is 6.72. The number of rotatable bonds is 2. The Balaban J connectivity index is 1.78. The van der Waals surface area contributed by atoms with Crippen molar-refractivity contribution in [3.05, 3.63) is 35.4 Å². The van der Waals surface area contributed by atoms with E-state index in [9.17, 15) is 9.90 Å². The van der Waals surface area contributed by atoms with Gasteiger partial charge < -0.3 is 10.0 Å². The van der Waals surface area contributed by atoms with Gasteiger partial charge in [0.2, 0.25) is 5.91 Å². The molecule has 3 heteroatoms. The van der Waals surface area contributed by atoms with Crippen LogP contribution in [0.25, 0.3) is 0 Å². The third-order valence-corrected chi connectivity index (χ3v) is 4.48. The van der Waals surface area contributed by atoms with Crippen molar-refractivity contribution in [2.75, 3.05) is 13.2 Å². The van der Waals surface area contributed by atoms with Crippen LogP contribution in [0.4, 0.5) is 0 Å². The van der Waals surface area contributed by atoms with Gasteiger partial charge in [0, 0.05) is 13.1 Å². The summed E-state index contributed by atoms with van der Waals surface area (Å²) in [5.74, 6) is 0.158. The summed E-state index contributed by atoms with van der Waals surface area (Å²) in [6.07, 6.45) is 3.70. The Morgan fingerprint density at radius 1 is 1.28 bits per heavy atom. The maximum Gasteiger partial charge on any atom is 0.231 e. The second kappa shape index (κ2) is 4.39. The van der Waals surface area contributed by atoms with E-state index in [1.54, 1.807) is 0 Å². The number of hydrogen-bond acceptors (Lipinski definition) is 2. The largest absolute Gasteiger partial charge is 0.395 e.